The van der Waals surface area contributed by atoms with Gasteiger partial charge in [0, 0.05) is 26.3 Å². The molecule has 5 heteroatoms. The van der Waals surface area contributed by atoms with Crippen molar-refractivity contribution in [2.24, 2.45) is 0 Å². The number of aliphatic hydroxyl groups is 1. The predicted molar refractivity (Wildman–Crippen MR) is 84.1 cm³/mol. The van der Waals surface area contributed by atoms with Crippen molar-refractivity contribution in [3.63, 3.8) is 0 Å². The van der Waals surface area contributed by atoms with Gasteiger partial charge in [0.1, 0.15) is 5.82 Å². The normalized spacial score (nSPS) is 10.4. The summed E-state index contributed by atoms with van der Waals surface area (Å²) in [4.78, 5) is 13.2. The molecule has 0 fully saturated rings. The number of hydrogen-bond donors (Lipinski definition) is 2. The van der Waals surface area contributed by atoms with Gasteiger partial charge in [-0.1, -0.05) is 24.3 Å². The highest BCUT2D eigenvalue weighted by atomic mass is 19.1. The zero-order valence-electron chi connectivity index (χ0n) is 12.6. The Kier molecular flexibility index (Phi) is 5.12. The Labute approximate surface area is 129 Å². The number of nitrogens with one attached hydrogen (secondary N) is 1. The molecule has 2 aromatic rings. The molecule has 0 aliphatic rings. The van der Waals surface area contributed by atoms with E-state index >= 15 is 0 Å². The molecule has 22 heavy (non-hydrogen) atoms. The lowest BCUT2D eigenvalue weighted by Crippen LogP contribution is -2.23. The van der Waals surface area contributed by atoms with Crippen LogP contribution in [-0.4, -0.2) is 30.0 Å². The average molecular weight is 302 g/mol. The number of carbonyl (C=O) groups is 1. The molecule has 0 unspecified atom stereocenters. The Bertz CT molecular complexity index is 654. The molecular weight excluding hydrogens is 283 g/mol. The van der Waals surface area contributed by atoms with Crippen LogP contribution in [0.15, 0.2) is 42.5 Å². The first-order chi connectivity index (χ1) is 10.5. The van der Waals surface area contributed by atoms with E-state index in [0.717, 1.165) is 11.1 Å². The molecule has 0 aliphatic carbocycles. The van der Waals surface area contributed by atoms with Gasteiger partial charge in [-0.2, -0.15) is 0 Å². The van der Waals surface area contributed by atoms with Crippen LogP contribution < -0.4 is 5.32 Å². The zero-order valence-corrected chi connectivity index (χ0v) is 12.6. The molecule has 116 valence electrons. The van der Waals surface area contributed by atoms with E-state index in [0.29, 0.717) is 12.2 Å². The van der Waals surface area contributed by atoms with E-state index < -0.39 is 5.82 Å². The Hall–Kier alpha value is -2.40. The molecule has 0 saturated carbocycles. The third-order valence-corrected chi connectivity index (χ3v) is 3.31. The van der Waals surface area contributed by atoms with Gasteiger partial charge < -0.3 is 15.3 Å². The van der Waals surface area contributed by atoms with Crippen molar-refractivity contribution in [3.05, 3.63) is 65.0 Å². The molecule has 0 spiro atoms. The molecule has 0 atom stereocenters. The Morgan fingerprint density at radius 2 is 1.77 bits per heavy atom. The lowest BCUT2D eigenvalue weighted by Gasteiger charge is -2.13. The summed E-state index contributed by atoms with van der Waals surface area (Å²) in [5.41, 5.74) is 2.61. The minimum absolute atomic E-state index is 0.0156. The van der Waals surface area contributed by atoms with Gasteiger partial charge in [-0.3, -0.25) is 4.79 Å². The van der Waals surface area contributed by atoms with E-state index in [4.69, 9.17) is 5.11 Å². The van der Waals surface area contributed by atoms with Crippen LogP contribution in [0.1, 0.15) is 21.5 Å². The second-order valence-electron chi connectivity index (χ2n) is 5.22. The van der Waals surface area contributed by atoms with Crippen LogP contribution in [0, 0.1) is 5.82 Å². The molecule has 0 aromatic heterocycles. The van der Waals surface area contributed by atoms with Crippen LogP contribution in [0.25, 0.3) is 0 Å². The third kappa shape index (κ3) is 3.83. The molecule has 0 aliphatic heterocycles. The van der Waals surface area contributed by atoms with E-state index in [1.807, 2.05) is 24.3 Å². The number of nitrogens with zero attached hydrogens (tertiary/aromatic N) is 1. The lowest BCUT2D eigenvalue weighted by molar-refractivity contribution is 0.0823. The van der Waals surface area contributed by atoms with Crippen molar-refractivity contribution in [3.8, 4) is 0 Å². The number of amides is 1. The van der Waals surface area contributed by atoms with Crippen LogP contribution in [0.5, 0.6) is 0 Å². The highest BCUT2D eigenvalue weighted by molar-refractivity contribution is 5.95. The summed E-state index contributed by atoms with van der Waals surface area (Å²) in [5, 5.41) is 12.2. The molecule has 0 heterocycles. The van der Waals surface area contributed by atoms with Gasteiger partial charge in [-0.05, 0) is 29.3 Å². The molecule has 0 saturated heterocycles. The summed E-state index contributed by atoms with van der Waals surface area (Å²) < 4.78 is 13.7. The van der Waals surface area contributed by atoms with Gasteiger partial charge >= 0.3 is 0 Å². The van der Waals surface area contributed by atoms with E-state index in [9.17, 15) is 9.18 Å². The van der Waals surface area contributed by atoms with Crippen molar-refractivity contribution in [2.45, 2.75) is 13.2 Å². The van der Waals surface area contributed by atoms with Gasteiger partial charge in [0.2, 0.25) is 0 Å². The Morgan fingerprint density at radius 3 is 2.36 bits per heavy atom. The summed E-state index contributed by atoms with van der Waals surface area (Å²) in [6.45, 7) is 0.564. The Morgan fingerprint density at radius 1 is 1.14 bits per heavy atom. The van der Waals surface area contributed by atoms with Crippen molar-refractivity contribution in [1.29, 1.82) is 0 Å². The molecule has 0 radical (unpaired) electrons. The van der Waals surface area contributed by atoms with Gasteiger partial charge in [0.05, 0.1) is 12.2 Å². The summed E-state index contributed by atoms with van der Waals surface area (Å²) in [6, 6.07) is 11.9. The molecular formula is C17H19FN2O2. The van der Waals surface area contributed by atoms with Crippen LogP contribution in [0.3, 0.4) is 0 Å². The van der Waals surface area contributed by atoms with Crippen molar-refractivity contribution in [2.75, 3.05) is 19.4 Å². The van der Waals surface area contributed by atoms with E-state index in [1.165, 1.54) is 17.0 Å². The number of halogens is 1. The first-order valence-corrected chi connectivity index (χ1v) is 6.95. The fourth-order valence-corrected chi connectivity index (χ4v) is 2.01. The topological polar surface area (TPSA) is 52.6 Å². The fourth-order valence-electron chi connectivity index (χ4n) is 2.01. The van der Waals surface area contributed by atoms with Crippen molar-refractivity contribution >= 4 is 11.6 Å². The molecule has 0 bridgehead atoms. The molecule has 1 amide bonds. The molecule has 2 aromatic carbocycles. The molecule has 2 rings (SSSR count). The SMILES string of the molecule is CN(C)C(=O)c1cc(NCc2ccc(CO)cc2)ccc1F. The smallest absolute Gasteiger partial charge is 0.256 e. The van der Waals surface area contributed by atoms with Gasteiger partial charge in [0.25, 0.3) is 5.91 Å². The second-order valence-corrected chi connectivity index (χ2v) is 5.22. The third-order valence-electron chi connectivity index (χ3n) is 3.31. The van der Waals surface area contributed by atoms with Crippen LogP contribution in [0.4, 0.5) is 10.1 Å². The maximum Gasteiger partial charge on any atom is 0.256 e. The van der Waals surface area contributed by atoms with E-state index in [2.05, 4.69) is 5.32 Å². The predicted octanol–water partition coefficient (Wildman–Crippen LogP) is 2.63. The average Bonchev–Trinajstić information content (AvgIpc) is 2.53. The number of benzene rings is 2. The highest BCUT2D eigenvalue weighted by Gasteiger charge is 2.14. The minimum atomic E-state index is -0.531. The first kappa shape index (κ1) is 16.0. The number of rotatable bonds is 5. The highest BCUT2D eigenvalue weighted by Crippen LogP contribution is 2.17. The largest absolute Gasteiger partial charge is 0.392 e. The van der Waals surface area contributed by atoms with E-state index in [-0.39, 0.29) is 18.1 Å². The number of hydrogen-bond acceptors (Lipinski definition) is 3. The lowest BCUT2D eigenvalue weighted by atomic mass is 10.1. The zero-order chi connectivity index (χ0) is 16.1. The van der Waals surface area contributed by atoms with Crippen LogP contribution in [-0.2, 0) is 13.2 Å². The van der Waals surface area contributed by atoms with Crippen LogP contribution in [0.2, 0.25) is 0 Å². The summed E-state index contributed by atoms with van der Waals surface area (Å²) in [7, 11) is 3.18. The van der Waals surface area contributed by atoms with Gasteiger partial charge in [0.15, 0.2) is 0 Å². The standard InChI is InChI=1S/C17H19FN2O2/c1-20(2)17(22)15-9-14(7-8-16(15)18)19-10-12-3-5-13(11-21)6-4-12/h3-9,19,21H,10-11H2,1-2H3. The van der Waals surface area contributed by atoms with E-state index in [1.54, 1.807) is 20.2 Å². The molecule has 4 nitrogen and oxygen atoms in total. The molecule has 2 N–H and O–H groups in total. The van der Waals surface area contributed by atoms with Gasteiger partial charge in [-0.15, -0.1) is 0 Å². The number of anilines is 1. The van der Waals surface area contributed by atoms with Crippen LogP contribution >= 0.6 is 0 Å². The first-order valence-electron chi connectivity index (χ1n) is 6.95. The maximum atomic E-state index is 13.7. The fraction of sp³-hybridized carbons (Fsp3) is 0.235. The minimum Gasteiger partial charge on any atom is -0.392 e. The monoisotopic (exact) mass is 302 g/mol. The maximum absolute atomic E-state index is 13.7. The summed E-state index contributed by atoms with van der Waals surface area (Å²) in [5.74, 6) is -0.898. The number of aliphatic hydroxyl groups excluding tert-OH is 1. The Balaban J connectivity index is 2.09. The quantitative estimate of drug-likeness (QED) is 0.893. The second kappa shape index (κ2) is 7.04. The van der Waals surface area contributed by atoms with Gasteiger partial charge in [-0.25, -0.2) is 4.39 Å². The summed E-state index contributed by atoms with van der Waals surface area (Å²) in [6.07, 6.45) is 0. The van der Waals surface area contributed by atoms with Crippen molar-refractivity contribution < 1.29 is 14.3 Å². The van der Waals surface area contributed by atoms with Crippen molar-refractivity contribution in [1.82, 2.24) is 4.90 Å². The summed E-state index contributed by atoms with van der Waals surface area (Å²) >= 11 is 0. The number of carbonyl (C=O) groups excluding carboxylic acids is 1.